The van der Waals surface area contributed by atoms with Gasteiger partial charge in [0.2, 0.25) is 17.1 Å². The van der Waals surface area contributed by atoms with Crippen LogP contribution in [-0.4, -0.2) is 199 Å². The zero-order valence-corrected chi connectivity index (χ0v) is 57.4. The molecule has 12 aromatic rings. The number of methoxy groups -OCH3 is 3. The van der Waals surface area contributed by atoms with Crippen molar-refractivity contribution in [2.75, 3.05) is 60.2 Å². The molecule has 0 radical (unpaired) electrons. The van der Waals surface area contributed by atoms with Crippen LogP contribution in [0.4, 0.5) is 0 Å². The summed E-state index contributed by atoms with van der Waals surface area (Å²) in [5, 5.41) is 11.7. The Labute approximate surface area is 671 Å². The summed E-state index contributed by atoms with van der Waals surface area (Å²) in [6.45, 7) is 15.3. The number of aromatic nitrogens is 18. The van der Waals surface area contributed by atoms with Crippen molar-refractivity contribution < 1.29 is 85.5 Å². The highest BCUT2D eigenvalue weighted by atomic mass is 16.5. The molecule has 0 unspecified atom stereocenters. The highest BCUT2D eigenvalue weighted by molar-refractivity contribution is 6.46. The van der Waals surface area contributed by atoms with E-state index in [-0.39, 0.29) is 134 Å². The molecule has 0 spiro atoms. The minimum atomic E-state index is -3.96. The molecule has 0 aromatic carbocycles. The molecule has 33 nitrogen and oxygen atoms in total. The first-order valence-corrected chi connectivity index (χ1v) is 31.8. The lowest BCUT2D eigenvalue weighted by Gasteiger charge is -2.28. The monoisotopic (exact) mass is 1510 g/mol. The molecule has 33 heteroatoms. The number of likely N-dealkylation sites (tertiary alicyclic amines) is 3. The molecule has 0 aliphatic carbocycles. The van der Waals surface area contributed by atoms with Crippen LogP contribution in [0, 0.1) is 54.3 Å². The molecule has 3 amide bonds. The van der Waals surface area contributed by atoms with Gasteiger partial charge in [-0.2, -0.15) is 15.3 Å². The van der Waals surface area contributed by atoms with Crippen LogP contribution >= 0.6 is 0 Å². The fourth-order valence-electron chi connectivity index (χ4n) is 11.1. The van der Waals surface area contributed by atoms with Crippen molar-refractivity contribution in [3.63, 3.8) is 0 Å². The summed E-state index contributed by atoms with van der Waals surface area (Å²) in [6, 6.07) is 2.17. The SMILES string of the molecule is [2H]C([2H])([2H])Oc1cnc(-n2cnc(C)n2)c2[nH]cc(C(=O)C(=O)N3C([2H])([2H])C([2H])([2H])C(=C([N+]#[C-])c4ccccn4)C([2H])([2H])C3([2H])[2H])c12.[2H]c1nc(C([N+]#[C-])=C2C([2H])([2H])C([2H])([2H])N(C(=O)C(=O)c3c[nH]c4c(-n5cnc(C)n5)ncc(OC([2H])([2H])[2H])c34)C([2H])([2H])C2([2H])[2H])c([2H])c([2H])c1C.[2H]c1nc(C([N+]#[C-])=C2CCN(C(=O)C(=O)c3c[nH]c4c(-n5cnc(C)n5)ncc(OC([2H])([2H])[2H])c34)CC2)c([2H])c([2H])c1C. The number of pyridine rings is 6. The van der Waals surface area contributed by atoms with E-state index < -0.39 is 192 Å². The third-order valence-electron chi connectivity index (χ3n) is 16.2. The first-order valence-electron chi connectivity index (χ1n) is 47.3. The fourth-order valence-corrected chi connectivity index (χ4v) is 11.1. The van der Waals surface area contributed by atoms with Crippen molar-refractivity contribution in [3.05, 3.63) is 230 Å². The second kappa shape index (κ2) is 32.0. The molecular formula is C77H70N24O9. The van der Waals surface area contributed by atoms with Crippen LogP contribution < -0.4 is 14.2 Å². The Morgan fingerprint density at radius 3 is 1.16 bits per heavy atom. The number of aryl methyl sites for hydroxylation is 3. The number of nitrogens with zero attached hydrogens (tertiary/aromatic N) is 21. The van der Waals surface area contributed by atoms with Crippen molar-refractivity contribution in [3.8, 4) is 34.7 Å². The number of ether oxygens (including phenoxy) is 3. The third kappa shape index (κ3) is 14.8. The highest BCUT2D eigenvalue weighted by Gasteiger charge is 2.35. The molecule has 3 fully saturated rings. The molecule has 0 atom stereocenters. The van der Waals surface area contributed by atoms with E-state index in [2.05, 4.69) is 89.6 Å². The van der Waals surface area contributed by atoms with Gasteiger partial charge in [-0.1, -0.05) is 34.9 Å². The number of carbonyl (C=O) groups excluding carboxylic acids is 6. The number of piperidine rings is 3. The molecule has 0 bridgehead atoms. The molecule has 12 aromatic heterocycles. The molecule has 15 heterocycles. The summed E-state index contributed by atoms with van der Waals surface area (Å²) >= 11 is 0. The zero-order valence-electron chi connectivity index (χ0n) is 88.4. The van der Waals surface area contributed by atoms with Gasteiger partial charge in [-0.15, -0.1) is 0 Å². The number of rotatable bonds is 15. The van der Waals surface area contributed by atoms with Gasteiger partial charge in [-0.05, 0) is 108 Å². The maximum atomic E-state index is 14.0. The number of aromatic amines is 3. The van der Waals surface area contributed by atoms with Crippen LogP contribution in [0.1, 0.15) is 158 Å². The van der Waals surface area contributed by atoms with Gasteiger partial charge < -0.3 is 43.9 Å². The van der Waals surface area contributed by atoms with Gasteiger partial charge in [-0.3, -0.25) is 43.7 Å². The first kappa shape index (κ1) is 44.4. The number of hydrogen-bond donors (Lipinski definition) is 3. The first-order chi connectivity index (χ1) is 65.3. The number of nitrogens with one attached hydrogen (secondary N) is 3. The fraction of sp³-hybridized carbons (Fsp3) is 0.260. The van der Waals surface area contributed by atoms with Crippen molar-refractivity contribution >= 4 is 84.9 Å². The summed E-state index contributed by atoms with van der Waals surface area (Å²) < 4.78 is 274. The van der Waals surface area contributed by atoms with E-state index in [0.29, 0.717) is 17.2 Å². The van der Waals surface area contributed by atoms with Crippen LogP contribution in [0.15, 0.2) is 134 Å². The number of amides is 3. The Bertz CT molecular complexity index is 7390. The number of H-pyrrole nitrogens is 3. The van der Waals surface area contributed by atoms with Crippen molar-refractivity contribution in [2.24, 2.45) is 0 Å². The summed E-state index contributed by atoms with van der Waals surface area (Å²) in [5.41, 5.74) is -6.76. The Morgan fingerprint density at radius 2 is 0.827 bits per heavy atom. The summed E-state index contributed by atoms with van der Waals surface area (Å²) in [5.74, 6) is -9.49. The molecule has 3 N–H and O–H groups in total. The Hall–Kier alpha value is -14.6. The molecule has 3 aliphatic rings. The van der Waals surface area contributed by atoms with Crippen molar-refractivity contribution in [1.82, 2.24) is 104 Å². The second-order valence-corrected chi connectivity index (χ2v) is 23.1. The normalized spacial score (nSPS) is 21.6. The van der Waals surface area contributed by atoms with E-state index in [4.69, 9.17) is 76.4 Å². The number of Topliss-reactive ketones (excluding diaryl/α,β-unsaturated/α-hetero) is 3. The van der Waals surface area contributed by atoms with Gasteiger partial charge in [0.05, 0.1) is 146 Å². The van der Waals surface area contributed by atoms with Gasteiger partial charge in [-0.25, -0.2) is 58.5 Å². The van der Waals surface area contributed by atoms with Crippen LogP contribution in [0.25, 0.3) is 81.8 Å². The molecule has 3 aliphatic heterocycles. The lowest BCUT2D eigenvalue weighted by Crippen LogP contribution is -2.40. The smallest absolute Gasteiger partial charge is 0.295 e. The standard InChI is InChI=1S/2C26H24N8O3.C25H22N8O3/c2*1-15-5-6-19(28-11-15)22(27-3)17-7-9-33(10-8-17)26(36)24(35)18-12-29-23-21(18)20(37-4)13-30-25(23)34-14-31-16(2)32-34;1-15-30-14-33(31-15)24-22-20(19(36-3)13-29-24)17(12-28-22)23(34)25(35)32-10-7-16(8-11-32)21(26-2)18-6-4-5-9-27-18/h2*5-6,11-14,29H,7-10H2,1-2,4H3;4-6,9,12-14,28H,7-8,10-11H2,1,3H3/i4D3,5D,6D,7D2,8D2,9D2,10D2,11D;4D3,5D,6D,11D;3D3,7D2,8D2,10D2,11D2. The average Bonchev–Trinajstić information content (AvgIpc) is 1.49. The number of hydrogen-bond acceptors (Lipinski definition) is 21. The van der Waals surface area contributed by atoms with E-state index in [9.17, 15) is 28.8 Å². The van der Waals surface area contributed by atoms with Crippen molar-refractivity contribution in [2.45, 2.75) is 73.0 Å². The molecule has 552 valence electrons. The van der Waals surface area contributed by atoms with Crippen LogP contribution in [0.3, 0.4) is 0 Å². The predicted molar refractivity (Wildman–Crippen MR) is 400 cm³/mol. The Balaban J connectivity index is 0.000000178. The minimum absolute atomic E-state index is 0.0303. The zero-order chi connectivity index (χ0) is 105. The maximum absolute atomic E-state index is 14.0. The Kier molecular flexibility index (Phi) is 12.9. The van der Waals surface area contributed by atoms with E-state index in [1.807, 2.05) is 0 Å². The van der Waals surface area contributed by atoms with E-state index in [1.54, 1.807) is 20.8 Å². The van der Waals surface area contributed by atoms with Gasteiger partial charge >= 0.3 is 0 Å². The van der Waals surface area contributed by atoms with Crippen LogP contribution in [0.5, 0.6) is 17.2 Å². The molecule has 0 saturated carbocycles. The number of carbonyl (C=O) groups is 6. The summed E-state index contributed by atoms with van der Waals surface area (Å²) in [7, 11) is -9.05. The third-order valence-corrected chi connectivity index (χ3v) is 16.2. The minimum Gasteiger partial charge on any atom is -0.494 e. The molecule has 110 heavy (non-hydrogen) atoms. The van der Waals surface area contributed by atoms with E-state index >= 15 is 0 Å². The molecule has 15 rings (SSSR count). The summed E-state index contributed by atoms with van der Waals surface area (Å²) in [4.78, 5) is 137. The maximum Gasteiger partial charge on any atom is 0.295 e. The van der Waals surface area contributed by atoms with Gasteiger partial charge in [0, 0.05) is 98.1 Å². The van der Waals surface area contributed by atoms with E-state index in [0.717, 1.165) is 35.7 Å². The highest BCUT2D eigenvalue weighted by Crippen LogP contribution is 2.37. The van der Waals surface area contributed by atoms with Crippen LogP contribution in [-0.2, 0) is 14.4 Å². The van der Waals surface area contributed by atoms with E-state index in [1.165, 1.54) is 77.7 Å². The number of ketones is 3. The summed E-state index contributed by atoms with van der Waals surface area (Å²) in [6.07, 6.45) is -4.14. The topological polar surface area (TPSA) is 370 Å². The lowest BCUT2D eigenvalue weighted by molar-refractivity contribution is -0.127. The largest absolute Gasteiger partial charge is 0.494 e. The average molecular weight is 1510 g/mol. The lowest BCUT2D eigenvalue weighted by atomic mass is 9.99. The van der Waals surface area contributed by atoms with Crippen LogP contribution in [0.2, 0.25) is 0 Å². The second-order valence-electron chi connectivity index (χ2n) is 23.1. The van der Waals surface area contributed by atoms with Crippen molar-refractivity contribution in [1.29, 1.82) is 0 Å². The van der Waals surface area contributed by atoms with Gasteiger partial charge in [0.15, 0.2) is 17.5 Å². The molecule has 3 saturated heterocycles. The quantitative estimate of drug-likeness (QED) is 0.0488. The van der Waals surface area contributed by atoms with Gasteiger partial charge in [0.1, 0.15) is 53.7 Å². The Morgan fingerprint density at radius 1 is 0.464 bits per heavy atom. The number of fused-ring (bicyclic) bond motifs is 3. The molecular weight excluding hydrogens is 1410 g/mol. The predicted octanol–water partition coefficient (Wildman–Crippen LogP) is 9.59. The van der Waals surface area contributed by atoms with Gasteiger partial charge in [0.25, 0.3) is 35.1 Å².